The largest absolute Gasteiger partial charge is 0.462 e. The quantitative estimate of drug-likeness (QED) is 0.471. The van der Waals surface area contributed by atoms with Crippen LogP contribution in [0.2, 0.25) is 0 Å². The van der Waals surface area contributed by atoms with E-state index in [9.17, 15) is 4.79 Å². The fourth-order valence-corrected chi connectivity index (χ4v) is 3.79. The molecule has 0 atom stereocenters. The molecule has 0 saturated carbocycles. The molecule has 1 heterocycles. The van der Waals surface area contributed by atoms with Crippen molar-refractivity contribution in [2.24, 2.45) is 0 Å². The van der Waals surface area contributed by atoms with Crippen molar-refractivity contribution in [2.45, 2.75) is 51.7 Å². The smallest absolute Gasteiger partial charge is 0.343 e. The molecule has 0 bridgehead atoms. The predicted molar refractivity (Wildman–Crippen MR) is 105 cm³/mol. The van der Waals surface area contributed by atoms with Gasteiger partial charge in [-0.05, 0) is 61.6 Å². The van der Waals surface area contributed by atoms with E-state index in [0.717, 1.165) is 18.6 Å². The van der Waals surface area contributed by atoms with Crippen LogP contribution >= 0.6 is 11.8 Å². The molecule has 1 aromatic heterocycles. The lowest BCUT2D eigenvalue weighted by Gasteiger charge is -2.16. The van der Waals surface area contributed by atoms with Gasteiger partial charge in [-0.15, -0.1) is 0 Å². The third-order valence-corrected chi connectivity index (χ3v) is 5.37. The molecular formula is C20H25N3O2S. The van der Waals surface area contributed by atoms with Crippen molar-refractivity contribution in [3.8, 4) is 0 Å². The summed E-state index contributed by atoms with van der Waals surface area (Å²) in [6, 6.07) is 4.77. The van der Waals surface area contributed by atoms with E-state index in [2.05, 4.69) is 48.2 Å². The van der Waals surface area contributed by atoms with E-state index in [1.54, 1.807) is 24.9 Å². The van der Waals surface area contributed by atoms with Crippen LogP contribution < -0.4 is 5.32 Å². The molecule has 1 aliphatic carbocycles. The van der Waals surface area contributed by atoms with Gasteiger partial charge in [-0.3, -0.25) is 0 Å². The first-order valence-corrected chi connectivity index (χ1v) is 10.0. The summed E-state index contributed by atoms with van der Waals surface area (Å²) in [5.74, 6) is 1.07. The Kier molecular flexibility index (Phi) is 5.81. The maximum Gasteiger partial charge on any atom is 0.343 e. The highest BCUT2D eigenvalue weighted by molar-refractivity contribution is 7.99. The molecule has 0 unspecified atom stereocenters. The second-order valence-electron chi connectivity index (χ2n) is 6.52. The number of aromatic nitrogens is 2. The Hall–Kier alpha value is -2.08. The van der Waals surface area contributed by atoms with Gasteiger partial charge in [0.2, 0.25) is 0 Å². The highest BCUT2D eigenvalue weighted by Gasteiger charge is 2.25. The topological polar surface area (TPSA) is 64.1 Å². The molecular weight excluding hydrogens is 346 g/mol. The van der Waals surface area contributed by atoms with Gasteiger partial charge in [-0.1, -0.05) is 30.8 Å². The number of thioether (sulfide) groups is 1. The maximum atomic E-state index is 12.3. The number of aryl methyl sites for hydroxylation is 2. The molecule has 0 spiro atoms. The van der Waals surface area contributed by atoms with Gasteiger partial charge in [-0.25, -0.2) is 14.8 Å². The molecule has 2 aromatic rings. The Bertz CT molecular complexity index is 792. The summed E-state index contributed by atoms with van der Waals surface area (Å²) in [6.07, 6.45) is 3.43. The average molecular weight is 372 g/mol. The van der Waals surface area contributed by atoms with E-state index in [1.165, 1.54) is 22.3 Å². The Morgan fingerprint density at radius 1 is 1.23 bits per heavy atom. The summed E-state index contributed by atoms with van der Waals surface area (Å²) in [5, 5.41) is 4.14. The van der Waals surface area contributed by atoms with Crippen LogP contribution in [-0.4, -0.2) is 34.3 Å². The van der Waals surface area contributed by atoms with E-state index in [0.29, 0.717) is 23.1 Å². The Labute approximate surface area is 159 Å². The fourth-order valence-electron chi connectivity index (χ4n) is 3.25. The number of rotatable bonds is 6. The van der Waals surface area contributed by atoms with Gasteiger partial charge in [0, 0.05) is 12.2 Å². The summed E-state index contributed by atoms with van der Waals surface area (Å²) in [6.45, 7) is 8.48. The number of fused-ring (bicyclic) bond motifs is 1. The van der Waals surface area contributed by atoms with Crippen LogP contribution in [0.15, 0.2) is 23.5 Å². The molecule has 1 aromatic carbocycles. The minimum Gasteiger partial charge on any atom is -0.462 e. The van der Waals surface area contributed by atoms with Gasteiger partial charge in [0.25, 0.3) is 0 Å². The molecule has 0 aliphatic heterocycles. The molecule has 1 aliphatic rings. The summed E-state index contributed by atoms with van der Waals surface area (Å²) < 4.78 is 5.16. The van der Waals surface area contributed by atoms with Gasteiger partial charge in [0.1, 0.15) is 11.4 Å². The van der Waals surface area contributed by atoms with Gasteiger partial charge >= 0.3 is 5.97 Å². The van der Waals surface area contributed by atoms with Crippen molar-refractivity contribution in [2.75, 3.05) is 17.7 Å². The average Bonchev–Trinajstić information content (AvgIpc) is 2.97. The second kappa shape index (κ2) is 8.08. The molecule has 0 radical (unpaired) electrons. The zero-order valence-corrected chi connectivity index (χ0v) is 16.6. The number of anilines is 1. The minimum absolute atomic E-state index is 0.216. The van der Waals surface area contributed by atoms with Crippen LogP contribution in [0, 0.1) is 13.8 Å². The van der Waals surface area contributed by atoms with E-state index in [-0.39, 0.29) is 12.0 Å². The van der Waals surface area contributed by atoms with Gasteiger partial charge in [0.15, 0.2) is 5.16 Å². The van der Waals surface area contributed by atoms with Crippen molar-refractivity contribution >= 4 is 23.5 Å². The summed E-state index contributed by atoms with van der Waals surface area (Å²) in [7, 11) is 0. The third kappa shape index (κ3) is 4.01. The first kappa shape index (κ1) is 18.7. The van der Waals surface area contributed by atoms with Crippen LogP contribution in [0.5, 0.6) is 0 Å². The fraction of sp³-hybridized carbons (Fsp3) is 0.450. The number of nitrogens with one attached hydrogen (secondary N) is 1. The van der Waals surface area contributed by atoms with E-state index in [1.807, 2.05) is 0 Å². The maximum absolute atomic E-state index is 12.3. The third-order valence-electron chi connectivity index (χ3n) is 4.62. The molecule has 26 heavy (non-hydrogen) atoms. The van der Waals surface area contributed by atoms with E-state index >= 15 is 0 Å². The molecule has 1 N–H and O–H groups in total. The number of ether oxygens (including phenoxy) is 1. The lowest BCUT2D eigenvalue weighted by Crippen LogP contribution is -2.23. The highest BCUT2D eigenvalue weighted by Crippen LogP contribution is 2.28. The lowest BCUT2D eigenvalue weighted by atomic mass is 10.0. The summed E-state index contributed by atoms with van der Waals surface area (Å²) in [5.41, 5.74) is 5.79. The molecule has 138 valence electrons. The molecule has 3 rings (SSSR count). The monoisotopic (exact) mass is 371 g/mol. The molecule has 6 heteroatoms. The predicted octanol–water partition coefficient (Wildman–Crippen LogP) is 3.96. The van der Waals surface area contributed by atoms with Crippen molar-refractivity contribution in [3.05, 3.63) is 46.1 Å². The number of carbonyl (C=O) groups is 1. The normalized spacial score (nSPS) is 13.5. The van der Waals surface area contributed by atoms with Crippen LogP contribution in [0.25, 0.3) is 0 Å². The second-order valence-corrected chi connectivity index (χ2v) is 7.75. The molecule has 0 fully saturated rings. The SMILES string of the molecule is CCOC(=O)c1cnc(SCC)nc1NC1Cc2cc(C)c(C)cc2C1. The Morgan fingerprint density at radius 3 is 2.46 bits per heavy atom. The number of nitrogens with zero attached hydrogens (tertiary/aromatic N) is 2. The highest BCUT2D eigenvalue weighted by atomic mass is 32.2. The number of carbonyl (C=O) groups excluding carboxylic acids is 1. The van der Waals surface area contributed by atoms with E-state index in [4.69, 9.17) is 4.74 Å². The summed E-state index contributed by atoms with van der Waals surface area (Å²) in [4.78, 5) is 21.1. The van der Waals surface area contributed by atoms with Gasteiger partial charge < -0.3 is 10.1 Å². The number of hydrogen-bond donors (Lipinski definition) is 1. The van der Waals surface area contributed by atoms with Crippen LogP contribution in [0.3, 0.4) is 0 Å². The van der Waals surface area contributed by atoms with Crippen molar-refractivity contribution in [1.29, 1.82) is 0 Å². The standard InChI is InChI=1S/C20H25N3O2S/c1-5-25-19(24)17-11-21-20(26-6-2)23-18(17)22-16-9-14-7-12(3)13(4)8-15(14)10-16/h7-8,11,16H,5-6,9-10H2,1-4H3,(H,21,22,23). The first-order chi connectivity index (χ1) is 12.5. The zero-order chi connectivity index (χ0) is 18.7. The van der Waals surface area contributed by atoms with Crippen molar-refractivity contribution in [1.82, 2.24) is 9.97 Å². The molecule has 5 nitrogen and oxygen atoms in total. The van der Waals surface area contributed by atoms with Crippen molar-refractivity contribution < 1.29 is 9.53 Å². The Balaban J connectivity index is 1.84. The molecule has 0 saturated heterocycles. The number of esters is 1. The Morgan fingerprint density at radius 2 is 1.88 bits per heavy atom. The van der Waals surface area contributed by atoms with Gasteiger partial charge in [0.05, 0.1) is 6.61 Å². The van der Waals surface area contributed by atoms with Crippen molar-refractivity contribution in [3.63, 3.8) is 0 Å². The zero-order valence-electron chi connectivity index (χ0n) is 15.8. The van der Waals surface area contributed by atoms with Crippen LogP contribution in [-0.2, 0) is 17.6 Å². The minimum atomic E-state index is -0.384. The first-order valence-electron chi connectivity index (χ1n) is 9.04. The van der Waals surface area contributed by atoms with E-state index < -0.39 is 0 Å². The van der Waals surface area contributed by atoms with Crippen LogP contribution in [0.1, 0.15) is 46.5 Å². The summed E-state index contributed by atoms with van der Waals surface area (Å²) >= 11 is 1.56. The number of benzene rings is 1. The number of hydrogen-bond acceptors (Lipinski definition) is 6. The lowest BCUT2D eigenvalue weighted by molar-refractivity contribution is 0.0526. The van der Waals surface area contributed by atoms with Gasteiger partial charge in [-0.2, -0.15) is 0 Å². The molecule has 0 amide bonds. The van der Waals surface area contributed by atoms with Crippen LogP contribution in [0.4, 0.5) is 5.82 Å².